The van der Waals surface area contributed by atoms with E-state index in [1.807, 2.05) is 22.9 Å². The van der Waals surface area contributed by atoms with Gasteiger partial charge in [-0.3, -0.25) is 4.79 Å². The van der Waals surface area contributed by atoms with E-state index in [2.05, 4.69) is 15.5 Å². The highest BCUT2D eigenvalue weighted by Crippen LogP contribution is 2.39. The number of rotatable bonds is 5. The predicted molar refractivity (Wildman–Crippen MR) is 84.7 cm³/mol. The van der Waals surface area contributed by atoms with E-state index >= 15 is 0 Å². The van der Waals surface area contributed by atoms with Crippen molar-refractivity contribution in [2.24, 2.45) is 0 Å². The van der Waals surface area contributed by atoms with Gasteiger partial charge >= 0.3 is 0 Å². The van der Waals surface area contributed by atoms with E-state index in [0.717, 1.165) is 37.3 Å². The molecule has 0 aromatic carbocycles. The molecule has 4 rings (SSSR count). The SMILES string of the molecule is O=C(Cn1cccc1-c1nnc(C2CC2)o1)NC1CCCCC1. The van der Waals surface area contributed by atoms with Crippen molar-refractivity contribution in [1.29, 1.82) is 0 Å². The summed E-state index contributed by atoms with van der Waals surface area (Å²) in [6.45, 7) is 0.292. The van der Waals surface area contributed by atoms with Gasteiger partial charge in [-0.05, 0) is 37.8 Å². The van der Waals surface area contributed by atoms with E-state index in [9.17, 15) is 4.79 Å². The molecule has 0 spiro atoms. The van der Waals surface area contributed by atoms with Gasteiger partial charge in [0.25, 0.3) is 5.89 Å². The van der Waals surface area contributed by atoms with Crippen molar-refractivity contribution in [3.8, 4) is 11.6 Å². The topological polar surface area (TPSA) is 73.0 Å². The van der Waals surface area contributed by atoms with Gasteiger partial charge in [0.05, 0.1) is 0 Å². The second-order valence-corrected chi connectivity index (χ2v) is 6.64. The van der Waals surface area contributed by atoms with E-state index in [0.29, 0.717) is 24.4 Å². The summed E-state index contributed by atoms with van der Waals surface area (Å²) >= 11 is 0. The lowest BCUT2D eigenvalue weighted by Crippen LogP contribution is -2.38. The Morgan fingerprint density at radius 2 is 2.04 bits per heavy atom. The van der Waals surface area contributed by atoms with E-state index in [-0.39, 0.29) is 5.91 Å². The Morgan fingerprint density at radius 3 is 2.83 bits per heavy atom. The Morgan fingerprint density at radius 1 is 1.22 bits per heavy atom. The molecule has 0 radical (unpaired) electrons. The zero-order chi connectivity index (χ0) is 15.6. The summed E-state index contributed by atoms with van der Waals surface area (Å²) in [5.74, 6) is 1.72. The van der Waals surface area contributed by atoms with Crippen LogP contribution in [0.1, 0.15) is 56.8 Å². The van der Waals surface area contributed by atoms with Gasteiger partial charge in [0.2, 0.25) is 11.8 Å². The van der Waals surface area contributed by atoms with Crippen LogP contribution < -0.4 is 5.32 Å². The molecule has 0 unspecified atom stereocenters. The van der Waals surface area contributed by atoms with Crippen LogP contribution in [0.4, 0.5) is 0 Å². The van der Waals surface area contributed by atoms with Crippen LogP contribution in [0.5, 0.6) is 0 Å². The molecular weight excluding hydrogens is 292 g/mol. The Labute approximate surface area is 135 Å². The smallest absolute Gasteiger partial charge is 0.264 e. The van der Waals surface area contributed by atoms with E-state index in [4.69, 9.17) is 4.42 Å². The minimum Gasteiger partial charge on any atom is -0.419 e. The number of amides is 1. The van der Waals surface area contributed by atoms with Crippen LogP contribution in [-0.2, 0) is 11.3 Å². The predicted octanol–water partition coefficient (Wildman–Crippen LogP) is 2.86. The van der Waals surface area contributed by atoms with Crippen molar-refractivity contribution >= 4 is 5.91 Å². The van der Waals surface area contributed by atoms with Crippen molar-refractivity contribution < 1.29 is 9.21 Å². The number of nitrogens with zero attached hydrogens (tertiary/aromatic N) is 3. The molecule has 1 N–H and O–H groups in total. The first kappa shape index (κ1) is 14.5. The summed E-state index contributed by atoms with van der Waals surface area (Å²) in [6.07, 6.45) is 10.1. The molecule has 2 heterocycles. The van der Waals surface area contributed by atoms with Gasteiger partial charge in [-0.2, -0.15) is 0 Å². The third kappa shape index (κ3) is 3.30. The summed E-state index contributed by atoms with van der Waals surface area (Å²) in [5.41, 5.74) is 0.809. The fourth-order valence-electron chi connectivity index (χ4n) is 3.25. The van der Waals surface area contributed by atoms with Crippen LogP contribution in [-0.4, -0.2) is 26.7 Å². The first-order chi connectivity index (χ1) is 11.3. The third-order valence-electron chi connectivity index (χ3n) is 4.70. The van der Waals surface area contributed by atoms with E-state index in [1.165, 1.54) is 19.3 Å². The lowest BCUT2D eigenvalue weighted by Gasteiger charge is -2.23. The highest BCUT2D eigenvalue weighted by atomic mass is 16.4. The molecule has 2 aromatic heterocycles. The molecule has 2 fully saturated rings. The van der Waals surface area contributed by atoms with Crippen molar-refractivity contribution in [2.45, 2.75) is 63.5 Å². The van der Waals surface area contributed by atoms with Crippen LogP contribution in [0.2, 0.25) is 0 Å². The number of carbonyl (C=O) groups is 1. The normalized spacial score (nSPS) is 19.0. The highest BCUT2D eigenvalue weighted by Gasteiger charge is 2.30. The minimum absolute atomic E-state index is 0.0521. The number of nitrogens with one attached hydrogen (secondary N) is 1. The molecule has 2 aliphatic carbocycles. The van der Waals surface area contributed by atoms with Crippen molar-refractivity contribution in [3.05, 3.63) is 24.2 Å². The lowest BCUT2D eigenvalue weighted by atomic mass is 9.95. The monoisotopic (exact) mass is 314 g/mol. The first-order valence-electron chi connectivity index (χ1n) is 8.58. The second-order valence-electron chi connectivity index (χ2n) is 6.64. The molecule has 6 heteroatoms. The molecule has 0 aliphatic heterocycles. The maximum absolute atomic E-state index is 12.3. The molecule has 122 valence electrons. The van der Waals surface area contributed by atoms with Gasteiger partial charge in [0.15, 0.2) is 0 Å². The minimum atomic E-state index is 0.0521. The standard InChI is InChI=1S/C17H22N4O2/c22-15(18-13-5-2-1-3-6-13)11-21-10-4-7-14(21)17-20-19-16(23-17)12-8-9-12/h4,7,10,12-13H,1-3,5-6,8-9,11H2,(H,18,22). The zero-order valence-electron chi connectivity index (χ0n) is 13.2. The van der Waals surface area contributed by atoms with Gasteiger partial charge in [-0.1, -0.05) is 19.3 Å². The van der Waals surface area contributed by atoms with Crippen LogP contribution in [0.15, 0.2) is 22.7 Å². The molecule has 0 bridgehead atoms. The molecule has 1 amide bonds. The number of carbonyl (C=O) groups excluding carboxylic acids is 1. The summed E-state index contributed by atoms with van der Waals surface area (Å²) < 4.78 is 7.63. The average Bonchev–Trinajstić information content (AvgIpc) is 3.11. The van der Waals surface area contributed by atoms with Crippen LogP contribution in [0, 0.1) is 0 Å². The summed E-state index contributed by atoms with van der Waals surface area (Å²) in [7, 11) is 0. The van der Waals surface area contributed by atoms with Crippen LogP contribution in [0.25, 0.3) is 11.6 Å². The summed E-state index contributed by atoms with van der Waals surface area (Å²) in [6, 6.07) is 4.16. The van der Waals surface area contributed by atoms with Gasteiger partial charge in [-0.25, -0.2) is 0 Å². The fourth-order valence-corrected chi connectivity index (χ4v) is 3.25. The molecule has 2 saturated carbocycles. The largest absolute Gasteiger partial charge is 0.419 e. The maximum atomic E-state index is 12.3. The van der Waals surface area contributed by atoms with Crippen LogP contribution in [0.3, 0.4) is 0 Å². The van der Waals surface area contributed by atoms with E-state index in [1.54, 1.807) is 0 Å². The fraction of sp³-hybridized carbons (Fsp3) is 0.588. The lowest BCUT2D eigenvalue weighted by molar-refractivity contribution is -0.122. The molecule has 0 saturated heterocycles. The molecular formula is C17H22N4O2. The molecule has 6 nitrogen and oxygen atoms in total. The Balaban J connectivity index is 1.42. The van der Waals surface area contributed by atoms with Crippen molar-refractivity contribution in [1.82, 2.24) is 20.1 Å². The van der Waals surface area contributed by atoms with Gasteiger partial charge in [-0.15, -0.1) is 10.2 Å². The Kier molecular flexibility index (Phi) is 3.89. The summed E-state index contributed by atoms with van der Waals surface area (Å²) in [4.78, 5) is 12.3. The molecule has 23 heavy (non-hydrogen) atoms. The second kappa shape index (κ2) is 6.18. The third-order valence-corrected chi connectivity index (χ3v) is 4.70. The van der Waals surface area contributed by atoms with Gasteiger partial charge < -0.3 is 14.3 Å². The Bertz CT molecular complexity index is 680. The molecule has 0 atom stereocenters. The molecule has 2 aliphatic rings. The van der Waals surface area contributed by atoms with Crippen LogP contribution >= 0.6 is 0 Å². The zero-order valence-corrected chi connectivity index (χ0v) is 13.2. The highest BCUT2D eigenvalue weighted by molar-refractivity contribution is 5.76. The Hall–Kier alpha value is -2.11. The van der Waals surface area contributed by atoms with Gasteiger partial charge in [0.1, 0.15) is 12.2 Å². The van der Waals surface area contributed by atoms with Crippen molar-refractivity contribution in [2.75, 3.05) is 0 Å². The van der Waals surface area contributed by atoms with Gasteiger partial charge in [0, 0.05) is 18.2 Å². The first-order valence-corrected chi connectivity index (χ1v) is 8.58. The van der Waals surface area contributed by atoms with E-state index < -0.39 is 0 Å². The van der Waals surface area contributed by atoms with Crippen molar-refractivity contribution in [3.63, 3.8) is 0 Å². The quantitative estimate of drug-likeness (QED) is 0.921. The number of aromatic nitrogens is 3. The number of hydrogen-bond acceptors (Lipinski definition) is 4. The summed E-state index contributed by atoms with van der Waals surface area (Å²) in [5, 5.41) is 11.4. The average molecular weight is 314 g/mol. The molecule has 2 aromatic rings. The maximum Gasteiger partial charge on any atom is 0.264 e. The number of hydrogen-bond donors (Lipinski definition) is 1.